The van der Waals surface area contributed by atoms with Gasteiger partial charge in [0.15, 0.2) is 12.1 Å². The van der Waals surface area contributed by atoms with Crippen molar-refractivity contribution in [1.29, 1.82) is 0 Å². The molecule has 0 spiro atoms. The van der Waals surface area contributed by atoms with Crippen LogP contribution in [0, 0.1) is 0 Å². The monoisotopic (exact) mass is 377 g/mol. The summed E-state index contributed by atoms with van der Waals surface area (Å²) in [5.41, 5.74) is 4.94. The molecule has 4 rings (SSSR count). The van der Waals surface area contributed by atoms with E-state index in [4.69, 9.17) is 9.47 Å². The van der Waals surface area contributed by atoms with Crippen molar-refractivity contribution < 1.29 is 14.3 Å². The molecule has 0 bridgehead atoms. The first-order chi connectivity index (χ1) is 13.6. The average molecular weight is 377 g/mol. The van der Waals surface area contributed by atoms with Crippen molar-refractivity contribution in [3.05, 3.63) is 64.7 Å². The third-order valence-electron chi connectivity index (χ3n) is 5.43. The number of benzene rings is 2. The van der Waals surface area contributed by atoms with Gasteiger partial charge in [-0.3, -0.25) is 4.79 Å². The zero-order valence-electron chi connectivity index (χ0n) is 16.6. The predicted octanol–water partition coefficient (Wildman–Crippen LogP) is 4.87. The van der Waals surface area contributed by atoms with Crippen molar-refractivity contribution >= 4 is 17.5 Å². The van der Waals surface area contributed by atoms with Crippen molar-refractivity contribution in [3.8, 4) is 5.75 Å². The summed E-state index contributed by atoms with van der Waals surface area (Å²) in [5, 5.41) is 0. The number of hydrogen-bond acceptors (Lipinski definition) is 4. The molecule has 1 saturated heterocycles. The minimum absolute atomic E-state index is 0.124. The van der Waals surface area contributed by atoms with Crippen molar-refractivity contribution in [1.82, 2.24) is 0 Å². The number of allylic oxidation sites excluding steroid dienone is 1. The number of ketones is 1. The average Bonchev–Trinajstić information content (AvgIpc) is 2.71. The molecule has 0 N–H and O–H groups in total. The highest BCUT2D eigenvalue weighted by Gasteiger charge is 2.23. The number of anilines is 1. The van der Waals surface area contributed by atoms with Crippen LogP contribution in [-0.2, 0) is 11.2 Å². The lowest BCUT2D eigenvalue weighted by atomic mass is 9.86. The number of hydrogen-bond donors (Lipinski definition) is 0. The topological polar surface area (TPSA) is 38.8 Å². The summed E-state index contributed by atoms with van der Waals surface area (Å²) in [4.78, 5) is 15.0. The van der Waals surface area contributed by atoms with Crippen LogP contribution in [0.5, 0.6) is 5.75 Å². The molecule has 1 aliphatic heterocycles. The highest BCUT2D eigenvalue weighted by molar-refractivity contribution is 6.13. The largest absolute Gasteiger partial charge is 0.465 e. The first-order valence-electron chi connectivity index (χ1n) is 10.0. The highest BCUT2D eigenvalue weighted by atomic mass is 16.7. The Bertz CT molecular complexity index is 877. The standard InChI is InChI=1S/C24H27NO3/c1-25(2)20-10-6-17(7-11-20)15-19-9-8-18-16-21(12-13-22(18)24(19)26)28-23-5-3-4-14-27-23/h6-7,10-13,15-16,23H,3-5,8-9,14H2,1-2H3/b19-15+. The van der Waals surface area contributed by atoms with E-state index in [2.05, 4.69) is 29.2 Å². The van der Waals surface area contributed by atoms with Crippen LogP contribution in [0.1, 0.15) is 47.2 Å². The number of nitrogens with zero attached hydrogens (tertiary/aromatic N) is 1. The molecular formula is C24H27NO3. The van der Waals surface area contributed by atoms with E-state index in [9.17, 15) is 4.79 Å². The van der Waals surface area contributed by atoms with Crippen LogP contribution in [0.25, 0.3) is 6.08 Å². The Balaban J connectivity index is 1.50. The second kappa shape index (κ2) is 8.19. The lowest BCUT2D eigenvalue weighted by Crippen LogP contribution is -2.25. The summed E-state index contributed by atoms with van der Waals surface area (Å²) in [6, 6.07) is 14.1. The number of ether oxygens (including phenoxy) is 2. The first-order valence-corrected chi connectivity index (χ1v) is 10.0. The van der Waals surface area contributed by atoms with Gasteiger partial charge in [0, 0.05) is 37.3 Å². The van der Waals surface area contributed by atoms with Gasteiger partial charge in [-0.15, -0.1) is 0 Å². The normalized spacial score (nSPS) is 20.7. The van der Waals surface area contributed by atoms with E-state index < -0.39 is 0 Å². The zero-order valence-corrected chi connectivity index (χ0v) is 16.6. The van der Waals surface area contributed by atoms with Gasteiger partial charge in [-0.2, -0.15) is 0 Å². The lowest BCUT2D eigenvalue weighted by molar-refractivity contribution is -0.105. The molecule has 1 atom stereocenters. The maximum absolute atomic E-state index is 13.0. The molecule has 1 heterocycles. The minimum Gasteiger partial charge on any atom is -0.465 e. The molecule has 1 aliphatic carbocycles. The highest BCUT2D eigenvalue weighted by Crippen LogP contribution is 2.30. The third-order valence-corrected chi connectivity index (χ3v) is 5.43. The molecule has 0 amide bonds. The second-order valence-electron chi connectivity index (χ2n) is 7.72. The van der Waals surface area contributed by atoms with Crippen LogP contribution in [-0.4, -0.2) is 32.8 Å². The minimum atomic E-state index is -0.160. The molecule has 0 saturated carbocycles. The summed E-state index contributed by atoms with van der Waals surface area (Å²) in [7, 11) is 4.04. The van der Waals surface area contributed by atoms with E-state index in [0.29, 0.717) is 0 Å². The number of Topliss-reactive ketones (excluding diaryl/α,β-unsaturated/α-hetero) is 1. The van der Waals surface area contributed by atoms with Crippen LogP contribution >= 0.6 is 0 Å². The van der Waals surface area contributed by atoms with Gasteiger partial charge in [0.2, 0.25) is 0 Å². The maximum Gasteiger partial charge on any atom is 0.199 e. The van der Waals surface area contributed by atoms with Crippen molar-refractivity contribution in [3.63, 3.8) is 0 Å². The molecule has 1 fully saturated rings. The van der Waals surface area contributed by atoms with Crippen molar-refractivity contribution in [2.45, 2.75) is 38.4 Å². The number of aryl methyl sites for hydroxylation is 1. The quantitative estimate of drug-likeness (QED) is 0.713. The fourth-order valence-corrected chi connectivity index (χ4v) is 3.79. The predicted molar refractivity (Wildman–Crippen MR) is 112 cm³/mol. The Labute approximate surface area is 166 Å². The second-order valence-corrected chi connectivity index (χ2v) is 7.72. The summed E-state index contributed by atoms with van der Waals surface area (Å²) < 4.78 is 11.6. The summed E-state index contributed by atoms with van der Waals surface area (Å²) in [6.45, 7) is 0.762. The SMILES string of the molecule is CN(C)c1ccc(/C=C2\CCc3cc(OC4CCCCO4)ccc3C2=O)cc1. The van der Waals surface area contributed by atoms with Crippen LogP contribution in [0.4, 0.5) is 5.69 Å². The number of carbonyl (C=O) groups is 1. The molecule has 4 heteroatoms. The summed E-state index contributed by atoms with van der Waals surface area (Å²) in [5.74, 6) is 0.920. The van der Waals surface area contributed by atoms with Crippen LogP contribution in [0.2, 0.25) is 0 Å². The van der Waals surface area contributed by atoms with Gasteiger partial charge in [-0.1, -0.05) is 12.1 Å². The number of rotatable bonds is 4. The van der Waals surface area contributed by atoms with Gasteiger partial charge in [-0.25, -0.2) is 0 Å². The van der Waals surface area contributed by atoms with E-state index in [1.807, 2.05) is 38.4 Å². The van der Waals surface area contributed by atoms with Crippen molar-refractivity contribution in [2.75, 3.05) is 25.6 Å². The Morgan fingerprint density at radius 2 is 1.89 bits per heavy atom. The Morgan fingerprint density at radius 1 is 1.07 bits per heavy atom. The van der Waals surface area contributed by atoms with E-state index in [1.165, 1.54) is 0 Å². The zero-order chi connectivity index (χ0) is 19.5. The van der Waals surface area contributed by atoms with Crippen LogP contribution in [0.3, 0.4) is 0 Å². The molecular weight excluding hydrogens is 350 g/mol. The number of carbonyl (C=O) groups excluding carboxylic acids is 1. The Morgan fingerprint density at radius 3 is 2.61 bits per heavy atom. The lowest BCUT2D eigenvalue weighted by Gasteiger charge is -2.24. The van der Waals surface area contributed by atoms with Crippen LogP contribution < -0.4 is 9.64 Å². The fourth-order valence-electron chi connectivity index (χ4n) is 3.79. The van der Waals surface area contributed by atoms with Gasteiger partial charge in [0.1, 0.15) is 5.75 Å². The molecule has 2 aromatic rings. The molecule has 2 aromatic carbocycles. The van der Waals surface area contributed by atoms with Gasteiger partial charge < -0.3 is 14.4 Å². The van der Waals surface area contributed by atoms with E-state index in [-0.39, 0.29) is 12.1 Å². The first kappa shape index (κ1) is 18.8. The smallest absolute Gasteiger partial charge is 0.199 e. The molecule has 1 unspecified atom stereocenters. The Kier molecular flexibility index (Phi) is 5.49. The Hall–Kier alpha value is -2.59. The van der Waals surface area contributed by atoms with Gasteiger partial charge >= 0.3 is 0 Å². The van der Waals surface area contributed by atoms with E-state index in [1.54, 1.807) is 0 Å². The third kappa shape index (κ3) is 4.12. The fraction of sp³-hybridized carbons (Fsp3) is 0.375. The molecule has 2 aliphatic rings. The summed E-state index contributed by atoms with van der Waals surface area (Å²) in [6.07, 6.45) is 6.63. The van der Waals surface area contributed by atoms with Crippen LogP contribution in [0.15, 0.2) is 48.0 Å². The van der Waals surface area contributed by atoms with Gasteiger partial charge in [0.05, 0.1) is 6.61 Å². The number of fused-ring (bicyclic) bond motifs is 1. The van der Waals surface area contributed by atoms with E-state index >= 15 is 0 Å². The maximum atomic E-state index is 13.0. The molecule has 146 valence electrons. The molecule has 4 nitrogen and oxygen atoms in total. The molecule has 0 aromatic heterocycles. The summed E-state index contributed by atoms with van der Waals surface area (Å²) >= 11 is 0. The van der Waals surface area contributed by atoms with E-state index in [0.717, 1.165) is 72.4 Å². The van der Waals surface area contributed by atoms with Gasteiger partial charge in [-0.05, 0) is 73.2 Å². The van der Waals surface area contributed by atoms with Gasteiger partial charge in [0.25, 0.3) is 0 Å². The molecule has 0 radical (unpaired) electrons. The van der Waals surface area contributed by atoms with Crippen molar-refractivity contribution in [2.24, 2.45) is 0 Å². The molecule has 28 heavy (non-hydrogen) atoms.